The van der Waals surface area contributed by atoms with Crippen molar-refractivity contribution in [1.82, 2.24) is 15.5 Å². The van der Waals surface area contributed by atoms with Crippen molar-refractivity contribution in [3.05, 3.63) is 65.2 Å². The Bertz CT molecular complexity index is 1020. The van der Waals surface area contributed by atoms with Crippen LogP contribution in [-0.2, 0) is 21.5 Å². The van der Waals surface area contributed by atoms with Gasteiger partial charge in [0.2, 0.25) is 5.91 Å². The minimum Gasteiger partial charge on any atom is -0.493 e. The lowest BCUT2D eigenvalue weighted by Gasteiger charge is -2.27. The van der Waals surface area contributed by atoms with Gasteiger partial charge in [0.1, 0.15) is 17.8 Å². The molecule has 0 saturated carbocycles. The van der Waals surface area contributed by atoms with Crippen LogP contribution in [0.1, 0.15) is 35.6 Å². The molecule has 2 aromatic rings. The van der Waals surface area contributed by atoms with Gasteiger partial charge in [-0.15, -0.1) is 0 Å². The maximum Gasteiger partial charge on any atom is 0.325 e. The lowest BCUT2D eigenvalue weighted by atomic mass is 9.92. The summed E-state index contributed by atoms with van der Waals surface area (Å²) in [6.45, 7) is 0.207. The number of hydrogen-bond acceptors (Lipinski definition) is 4. The third kappa shape index (κ3) is 2.76. The first-order valence-corrected chi connectivity index (χ1v) is 9.82. The van der Waals surface area contributed by atoms with Gasteiger partial charge in [0.25, 0.3) is 5.91 Å². The minimum absolute atomic E-state index is 0.200. The van der Waals surface area contributed by atoms with E-state index in [-0.39, 0.29) is 24.4 Å². The fourth-order valence-corrected chi connectivity index (χ4v) is 4.61. The predicted molar refractivity (Wildman–Crippen MR) is 104 cm³/mol. The summed E-state index contributed by atoms with van der Waals surface area (Å²) in [6.07, 6.45) is 1.88. The zero-order chi connectivity index (χ0) is 20.0. The topological polar surface area (TPSA) is 87.7 Å². The summed E-state index contributed by atoms with van der Waals surface area (Å²) in [4.78, 5) is 39.5. The second-order valence-electron chi connectivity index (χ2n) is 7.68. The van der Waals surface area contributed by atoms with Gasteiger partial charge in [0.15, 0.2) is 0 Å². The van der Waals surface area contributed by atoms with Crippen molar-refractivity contribution in [2.45, 2.75) is 30.8 Å². The molecule has 2 N–H and O–H groups in total. The number of ether oxygens (including phenoxy) is 1. The van der Waals surface area contributed by atoms with E-state index in [1.807, 2.05) is 48.5 Å². The van der Waals surface area contributed by atoms with Crippen LogP contribution in [0.4, 0.5) is 4.79 Å². The lowest BCUT2D eigenvalue weighted by molar-refractivity contribution is -0.135. The number of hydrogen-bond donors (Lipinski definition) is 2. The van der Waals surface area contributed by atoms with Crippen LogP contribution in [-0.4, -0.2) is 35.9 Å². The number of carbonyl (C=O) groups excluding carboxylic acids is 3. The van der Waals surface area contributed by atoms with Crippen molar-refractivity contribution >= 4 is 17.8 Å². The molecule has 0 radical (unpaired) electrons. The molecule has 7 heteroatoms. The molecule has 0 bridgehead atoms. The number of rotatable bonds is 3. The van der Waals surface area contributed by atoms with Crippen molar-refractivity contribution in [1.29, 1.82) is 0 Å². The standard InChI is InChI=1S/C22H21N3O4/c26-19(23-17-10-12-29-18-8-4-2-6-15(17)18)13-25-20(27)22(24-21(25)28)11-9-14-5-1-3-7-16(14)22/h1-8,17H,9-13H2,(H,23,26)(H,24,28)/t17-,22+/m0/s1. The number of amides is 4. The monoisotopic (exact) mass is 391 g/mol. The van der Waals surface area contributed by atoms with Crippen LogP contribution in [0.25, 0.3) is 0 Å². The van der Waals surface area contributed by atoms with E-state index in [0.29, 0.717) is 19.4 Å². The molecule has 0 aromatic heterocycles. The van der Waals surface area contributed by atoms with Gasteiger partial charge in [0, 0.05) is 12.0 Å². The molecule has 0 unspecified atom stereocenters. The number of fused-ring (bicyclic) bond motifs is 3. The first kappa shape index (κ1) is 17.7. The highest BCUT2D eigenvalue weighted by atomic mass is 16.5. The number of benzene rings is 2. The summed E-state index contributed by atoms with van der Waals surface area (Å²) < 4.78 is 5.62. The fraction of sp³-hybridized carbons (Fsp3) is 0.318. The van der Waals surface area contributed by atoms with Crippen LogP contribution < -0.4 is 15.4 Å². The Morgan fingerprint density at radius 1 is 1.17 bits per heavy atom. The van der Waals surface area contributed by atoms with Crippen molar-refractivity contribution in [3.8, 4) is 5.75 Å². The normalized spacial score (nSPS) is 24.7. The van der Waals surface area contributed by atoms with Crippen LogP contribution in [0.5, 0.6) is 5.75 Å². The van der Waals surface area contributed by atoms with Gasteiger partial charge in [0.05, 0.1) is 12.6 Å². The van der Waals surface area contributed by atoms with Gasteiger partial charge in [-0.3, -0.25) is 14.5 Å². The van der Waals surface area contributed by atoms with E-state index in [2.05, 4.69) is 10.6 Å². The molecule has 7 nitrogen and oxygen atoms in total. The van der Waals surface area contributed by atoms with E-state index in [9.17, 15) is 14.4 Å². The van der Waals surface area contributed by atoms with Crippen molar-refractivity contribution in [2.75, 3.05) is 13.2 Å². The molecule has 1 aliphatic carbocycles. The molecule has 4 amide bonds. The second-order valence-corrected chi connectivity index (χ2v) is 7.68. The van der Waals surface area contributed by atoms with E-state index in [1.165, 1.54) is 0 Å². The van der Waals surface area contributed by atoms with E-state index in [0.717, 1.165) is 33.8 Å². The molecule has 29 heavy (non-hydrogen) atoms. The number of imide groups is 1. The van der Waals surface area contributed by atoms with Crippen LogP contribution >= 0.6 is 0 Å². The highest BCUT2D eigenvalue weighted by Crippen LogP contribution is 2.41. The molecule has 2 aliphatic heterocycles. The van der Waals surface area contributed by atoms with Crippen LogP contribution in [0, 0.1) is 0 Å². The Morgan fingerprint density at radius 2 is 1.97 bits per heavy atom. The Morgan fingerprint density at radius 3 is 2.86 bits per heavy atom. The smallest absolute Gasteiger partial charge is 0.325 e. The molecule has 2 atom stereocenters. The average molecular weight is 391 g/mol. The molecule has 2 aromatic carbocycles. The highest BCUT2D eigenvalue weighted by Gasteiger charge is 2.55. The maximum atomic E-state index is 13.2. The largest absolute Gasteiger partial charge is 0.493 e. The zero-order valence-corrected chi connectivity index (χ0v) is 15.8. The lowest BCUT2D eigenvalue weighted by Crippen LogP contribution is -2.44. The Hall–Kier alpha value is -3.35. The van der Waals surface area contributed by atoms with Gasteiger partial charge in [-0.25, -0.2) is 4.79 Å². The first-order chi connectivity index (χ1) is 14.1. The Balaban J connectivity index is 1.32. The number of nitrogens with zero attached hydrogens (tertiary/aromatic N) is 1. The number of carbonyl (C=O) groups is 3. The molecule has 5 rings (SSSR count). The van der Waals surface area contributed by atoms with Crippen molar-refractivity contribution in [2.24, 2.45) is 0 Å². The predicted octanol–water partition coefficient (Wildman–Crippen LogP) is 2.02. The number of aryl methyl sites for hydroxylation is 1. The number of urea groups is 1. The van der Waals surface area contributed by atoms with E-state index in [1.54, 1.807) is 0 Å². The summed E-state index contributed by atoms with van der Waals surface area (Å²) in [5.74, 6) is 0.0362. The van der Waals surface area contributed by atoms with E-state index in [4.69, 9.17) is 4.74 Å². The van der Waals surface area contributed by atoms with Gasteiger partial charge < -0.3 is 15.4 Å². The first-order valence-electron chi connectivity index (χ1n) is 9.82. The summed E-state index contributed by atoms with van der Waals surface area (Å²) in [5.41, 5.74) is 1.76. The molecule has 2 heterocycles. The quantitative estimate of drug-likeness (QED) is 0.784. The van der Waals surface area contributed by atoms with Crippen LogP contribution in [0.3, 0.4) is 0 Å². The van der Waals surface area contributed by atoms with Crippen molar-refractivity contribution < 1.29 is 19.1 Å². The average Bonchev–Trinajstić information content (AvgIpc) is 3.22. The third-order valence-electron chi connectivity index (χ3n) is 6.02. The van der Waals surface area contributed by atoms with Gasteiger partial charge in [-0.2, -0.15) is 0 Å². The summed E-state index contributed by atoms with van der Waals surface area (Å²) in [7, 11) is 0. The molecule has 1 spiro atoms. The summed E-state index contributed by atoms with van der Waals surface area (Å²) >= 11 is 0. The zero-order valence-electron chi connectivity index (χ0n) is 15.8. The summed E-state index contributed by atoms with van der Waals surface area (Å²) in [5, 5.41) is 5.80. The highest BCUT2D eigenvalue weighted by molar-refractivity contribution is 6.09. The number of para-hydroxylation sites is 1. The van der Waals surface area contributed by atoms with Crippen LogP contribution in [0.15, 0.2) is 48.5 Å². The van der Waals surface area contributed by atoms with Gasteiger partial charge in [-0.05, 0) is 30.0 Å². The Kier molecular flexibility index (Phi) is 4.04. The molecule has 148 valence electrons. The second kappa shape index (κ2) is 6.62. The molecular formula is C22H21N3O4. The maximum absolute atomic E-state index is 13.2. The molecule has 1 fully saturated rings. The Labute approximate surface area is 168 Å². The SMILES string of the molecule is O=C(CN1C(=O)N[C@@]2(CCc3ccccc32)C1=O)N[C@H]1CCOc2ccccc21. The number of nitrogens with one attached hydrogen (secondary N) is 2. The van der Waals surface area contributed by atoms with E-state index >= 15 is 0 Å². The van der Waals surface area contributed by atoms with Crippen molar-refractivity contribution in [3.63, 3.8) is 0 Å². The van der Waals surface area contributed by atoms with Gasteiger partial charge in [-0.1, -0.05) is 42.5 Å². The van der Waals surface area contributed by atoms with Crippen LogP contribution in [0.2, 0.25) is 0 Å². The molecule has 1 saturated heterocycles. The molecular weight excluding hydrogens is 370 g/mol. The molecule has 3 aliphatic rings. The summed E-state index contributed by atoms with van der Waals surface area (Å²) in [6, 6.07) is 14.5. The third-order valence-corrected chi connectivity index (χ3v) is 6.02. The van der Waals surface area contributed by atoms with Gasteiger partial charge >= 0.3 is 6.03 Å². The van der Waals surface area contributed by atoms with E-state index < -0.39 is 11.6 Å². The minimum atomic E-state index is -1.04. The fourth-order valence-electron chi connectivity index (χ4n) is 4.61.